The van der Waals surface area contributed by atoms with Gasteiger partial charge in [-0.1, -0.05) is 42.5 Å². The molecule has 3 aromatic carbocycles. The van der Waals surface area contributed by atoms with Gasteiger partial charge in [0.15, 0.2) is 5.76 Å². The molecule has 0 aliphatic heterocycles. The Hall–Kier alpha value is -4.72. The van der Waals surface area contributed by atoms with Crippen LogP contribution in [0.15, 0.2) is 92.8 Å². The van der Waals surface area contributed by atoms with Gasteiger partial charge in [-0.25, -0.2) is 5.43 Å². The summed E-state index contributed by atoms with van der Waals surface area (Å²) in [5.41, 5.74) is 3.31. The Bertz CT molecular complexity index is 1510. The summed E-state index contributed by atoms with van der Waals surface area (Å²) >= 11 is 0. The lowest BCUT2D eigenvalue weighted by Crippen LogP contribution is -2.16. The van der Waals surface area contributed by atoms with Crippen LogP contribution in [0.2, 0.25) is 0 Å². The lowest BCUT2D eigenvalue weighted by atomic mass is 10.1. The predicted molar refractivity (Wildman–Crippen MR) is 120 cm³/mol. The largest absolute Gasteiger partial charge is 0.455 e. The molecule has 5 aromatic rings. The fourth-order valence-corrected chi connectivity index (χ4v) is 3.52. The lowest BCUT2D eigenvalue weighted by molar-refractivity contribution is -0.384. The molecule has 2 heterocycles. The van der Waals surface area contributed by atoms with Crippen LogP contribution in [-0.4, -0.2) is 17.0 Å². The van der Waals surface area contributed by atoms with Crippen LogP contribution in [0.4, 0.5) is 5.69 Å². The van der Waals surface area contributed by atoms with Gasteiger partial charge in [-0.05, 0) is 41.1 Å². The average molecular weight is 425 g/mol. The fraction of sp³-hybridized carbons (Fsp3) is 0. The van der Waals surface area contributed by atoms with Crippen LogP contribution >= 0.6 is 0 Å². The molecule has 1 N–H and O–H groups in total. The van der Waals surface area contributed by atoms with E-state index in [1.165, 1.54) is 12.3 Å². The molecule has 0 radical (unpaired) electrons. The van der Waals surface area contributed by atoms with E-state index in [0.29, 0.717) is 22.7 Å². The summed E-state index contributed by atoms with van der Waals surface area (Å²) in [6, 6.07) is 22.8. The second-order valence-electron chi connectivity index (χ2n) is 6.98. The van der Waals surface area contributed by atoms with Gasteiger partial charge in [0.25, 0.3) is 5.69 Å². The summed E-state index contributed by atoms with van der Waals surface area (Å²) in [5.74, 6) is 0.281. The summed E-state index contributed by atoms with van der Waals surface area (Å²) in [5, 5.41) is 18.0. The molecule has 1 amide bonds. The lowest BCUT2D eigenvalue weighted by Gasteiger charge is -1.98. The van der Waals surface area contributed by atoms with Crippen molar-refractivity contribution in [3.63, 3.8) is 0 Å². The number of rotatable bonds is 5. The highest BCUT2D eigenvalue weighted by atomic mass is 16.6. The number of carbonyl (C=O) groups excluding carboxylic acids is 1. The maximum Gasteiger partial charge on any atom is 0.307 e. The molecule has 0 fully saturated rings. The quantitative estimate of drug-likeness (QED) is 0.226. The smallest absolute Gasteiger partial charge is 0.307 e. The SMILES string of the molecule is O=C(N/N=C/c1ccc(-c2ccccc2[N+](=O)[O-])o1)c1cc2c(ccc3ccccc32)o1. The zero-order valence-corrected chi connectivity index (χ0v) is 16.5. The minimum Gasteiger partial charge on any atom is -0.455 e. The number of benzene rings is 3. The molecule has 5 rings (SSSR count). The number of nitrogens with one attached hydrogen (secondary N) is 1. The van der Waals surface area contributed by atoms with Crippen molar-refractivity contribution in [3.05, 3.63) is 100 Å². The van der Waals surface area contributed by atoms with Crippen molar-refractivity contribution in [2.75, 3.05) is 0 Å². The van der Waals surface area contributed by atoms with E-state index < -0.39 is 10.8 Å². The first-order valence-corrected chi connectivity index (χ1v) is 9.68. The maximum atomic E-state index is 12.5. The van der Waals surface area contributed by atoms with E-state index in [0.717, 1.165) is 16.2 Å². The molecule has 32 heavy (non-hydrogen) atoms. The number of para-hydroxylation sites is 1. The Labute approximate surface area is 180 Å². The number of fused-ring (bicyclic) bond motifs is 3. The minimum atomic E-state index is -0.507. The van der Waals surface area contributed by atoms with Gasteiger partial charge < -0.3 is 8.83 Å². The molecular weight excluding hydrogens is 410 g/mol. The third-order valence-corrected chi connectivity index (χ3v) is 5.00. The van der Waals surface area contributed by atoms with Crippen LogP contribution in [0.25, 0.3) is 33.1 Å². The first-order chi connectivity index (χ1) is 15.6. The molecule has 2 aromatic heterocycles. The number of nitrogens with zero attached hydrogens (tertiary/aromatic N) is 2. The van der Waals surface area contributed by atoms with E-state index in [2.05, 4.69) is 10.5 Å². The van der Waals surface area contributed by atoms with Gasteiger partial charge in [-0.3, -0.25) is 14.9 Å². The first-order valence-electron chi connectivity index (χ1n) is 9.68. The van der Waals surface area contributed by atoms with Crippen LogP contribution in [0.1, 0.15) is 16.3 Å². The summed E-state index contributed by atoms with van der Waals surface area (Å²) < 4.78 is 11.3. The molecule has 0 aliphatic carbocycles. The highest BCUT2D eigenvalue weighted by molar-refractivity contribution is 6.08. The Morgan fingerprint density at radius 1 is 0.938 bits per heavy atom. The molecule has 0 saturated carbocycles. The number of nitro groups is 1. The number of amides is 1. The Kier molecular flexibility index (Phi) is 4.72. The number of hydrogen-bond acceptors (Lipinski definition) is 6. The van der Waals surface area contributed by atoms with Crippen LogP contribution in [0, 0.1) is 10.1 Å². The fourth-order valence-electron chi connectivity index (χ4n) is 3.52. The molecule has 8 nitrogen and oxygen atoms in total. The maximum absolute atomic E-state index is 12.5. The standard InChI is InChI=1S/C24H15N3O5/c28-24(23-13-19-17-6-2-1-5-15(17)9-11-22(19)32-23)26-25-14-16-10-12-21(31-16)18-7-3-4-8-20(18)27(29)30/h1-14H,(H,26,28)/b25-14+. The highest BCUT2D eigenvalue weighted by Crippen LogP contribution is 2.31. The van der Waals surface area contributed by atoms with Gasteiger partial charge in [-0.2, -0.15) is 5.10 Å². The van der Waals surface area contributed by atoms with Crippen molar-refractivity contribution < 1.29 is 18.6 Å². The Morgan fingerprint density at radius 2 is 1.75 bits per heavy atom. The average Bonchev–Trinajstić information content (AvgIpc) is 3.46. The van der Waals surface area contributed by atoms with Gasteiger partial charge in [0.1, 0.15) is 17.1 Å². The number of hydrazone groups is 1. The van der Waals surface area contributed by atoms with Crippen molar-refractivity contribution in [2.24, 2.45) is 5.10 Å². The van der Waals surface area contributed by atoms with Crippen molar-refractivity contribution in [3.8, 4) is 11.3 Å². The van der Waals surface area contributed by atoms with E-state index in [4.69, 9.17) is 8.83 Å². The topological polar surface area (TPSA) is 111 Å². The summed E-state index contributed by atoms with van der Waals surface area (Å²) in [6.45, 7) is 0. The summed E-state index contributed by atoms with van der Waals surface area (Å²) in [7, 11) is 0. The molecule has 0 aliphatic rings. The van der Waals surface area contributed by atoms with Crippen molar-refractivity contribution in [1.29, 1.82) is 0 Å². The Balaban J connectivity index is 1.33. The molecule has 0 unspecified atom stereocenters. The molecular formula is C24H15N3O5. The van der Waals surface area contributed by atoms with E-state index in [1.54, 1.807) is 36.4 Å². The summed E-state index contributed by atoms with van der Waals surface area (Å²) in [4.78, 5) is 23.2. The number of nitro benzene ring substituents is 1. The molecule has 0 atom stereocenters. The molecule has 0 saturated heterocycles. The third-order valence-electron chi connectivity index (χ3n) is 5.00. The van der Waals surface area contributed by atoms with Crippen molar-refractivity contribution in [2.45, 2.75) is 0 Å². The Morgan fingerprint density at radius 3 is 2.62 bits per heavy atom. The first kappa shape index (κ1) is 19.3. The zero-order chi connectivity index (χ0) is 22.1. The van der Waals surface area contributed by atoms with Gasteiger partial charge in [0.2, 0.25) is 0 Å². The second-order valence-corrected chi connectivity index (χ2v) is 6.98. The van der Waals surface area contributed by atoms with Crippen molar-refractivity contribution in [1.82, 2.24) is 5.43 Å². The van der Waals surface area contributed by atoms with E-state index >= 15 is 0 Å². The van der Waals surface area contributed by atoms with Crippen LogP contribution in [0.3, 0.4) is 0 Å². The van der Waals surface area contributed by atoms with Gasteiger partial charge in [0, 0.05) is 11.5 Å². The third kappa shape index (κ3) is 3.50. The van der Waals surface area contributed by atoms with Crippen LogP contribution in [-0.2, 0) is 0 Å². The van der Waals surface area contributed by atoms with Gasteiger partial charge in [-0.15, -0.1) is 0 Å². The van der Waals surface area contributed by atoms with E-state index in [9.17, 15) is 14.9 Å². The van der Waals surface area contributed by atoms with Crippen LogP contribution < -0.4 is 5.43 Å². The molecule has 0 spiro atoms. The summed E-state index contributed by atoms with van der Waals surface area (Å²) in [6.07, 6.45) is 1.31. The van der Waals surface area contributed by atoms with E-state index in [-0.39, 0.29) is 11.4 Å². The van der Waals surface area contributed by atoms with Crippen LogP contribution in [0.5, 0.6) is 0 Å². The van der Waals surface area contributed by atoms with Gasteiger partial charge in [0.05, 0.1) is 16.7 Å². The molecule has 156 valence electrons. The highest BCUT2D eigenvalue weighted by Gasteiger charge is 2.17. The van der Waals surface area contributed by atoms with E-state index in [1.807, 2.05) is 36.4 Å². The number of hydrogen-bond donors (Lipinski definition) is 1. The number of furan rings is 2. The predicted octanol–water partition coefficient (Wildman–Crippen LogP) is 5.52. The zero-order valence-electron chi connectivity index (χ0n) is 16.5. The number of carbonyl (C=O) groups is 1. The monoisotopic (exact) mass is 425 g/mol. The van der Waals surface area contributed by atoms with Gasteiger partial charge >= 0.3 is 5.91 Å². The normalized spacial score (nSPS) is 11.4. The molecule has 0 bridgehead atoms. The molecule has 8 heteroatoms. The second kappa shape index (κ2) is 7.84. The minimum absolute atomic E-state index is 0.0592. The van der Waals surface area contributed by atoms with Crippen molar-refractivity contribution >= 4 is 39.6 Å².